The first-order chi connectivity index (χ1) is 10.9. The van der Waals surface area contributed by atoms with Gasteiger partial charge in [-0.05, 0) is 57.8 Å². The molecule has 0 unspecified atom stereocenters. The molecular formula is C18H26N4O. The summed E-state index contributed by atoms with van der Waals surface area (Å²) >= 11 is 0. The van der Waals surface area contributed by atoms with Gasteiger partial charge in [-0.15, -0.1) is 0 Å². The van der Waals surface area contributed by atoms with E-state index in [1.54, 1.807) is 0 Å². The highest BCUT2D eigenvalue weighted by Gasteiger charge is 2.31. The number of rotatable bonds is 4. The molecule has 4 aliphatic rings. The van der Waals surface area contributed by atoms with Crippen LogP contribution in [0.15, 0.2) is 18.3 Å². The minimum absolute atomic E-state index is 0.0431. The number of fused-ring (bicyclic) bond motifs is 3. The normalized spacial score (nSPS) is 19.1. The Hall–Kier alpha value is -1.75. The van der Waals surface area contributed by atoms with Gasteiger partial charge in [-0.2, -0.15) is 0 Å². The summed E-state index contributed by atoms with van der Waals surface area (Å²) in [5.74, 6) is 0.879. The van der Waals surface area contributed by atoms with Gasteiger partial charge in [-0.3, -0.25) is 14.2 Å². The number of nitrogens with one attached hydrogen (secondary N) is 1. The molecular weight excluding hydrogens is 288 g/mol. The lowest BCUT2D eigenvalue weighted by Crippen LogP contribution is -2.52. The zero-order valence-corrected chi connectivity index (χ0v) is 14.3. The molecule has 1 aliphatic carbocycles. The van der Waals surface area contributed by atoms with Gasteiger partial charge in [-0.25, -0.2) is 0 Å². The zero-order chi connectivity index (χ0) is 16.2. The maximum absolute atomic E-state index is 12.7. The van der Waals surface area contributed by atoms with E-state index in [0.29, 0.717) is 0 Å². The van der Waals surface area contributed by atoms with E-state index in [-0.39, 0.29) is 11.4 Å². The molecule has 0 aromatic heterocycles. The first-order valence-electron chi connectivity index (χ1n) is 8.66. The first kappa shape index (κ1) is 14.8. The quantitative estimate of drug-likeness (QED) is 0.804. The summed E-state index contributed by atoms with van der Waals surface area (Å²) < 4.78 is 4.30. The third-order valence-corrected chi connectivity index (χ3v) is 5.23. The maximum Gasteiger partial charge on any atom is 0.252 e. The topological polar surface area (TPSA) is 42.2 Å². The number of likely N-dealkylation sites (tertiary alicyclic amines) is 1. The lowest BCUT2D eigenvalue weighted by molar-refractivity contribution is 0.0869. The van der Waals surface area contributed by atoms with Crippen molar-refractivity contribution in [3.63, 3.8) is 0 Å². The number of carbonyl (C=O) groups is 1. The van der Waals surface area contributed by atoms with Crippen molar-refractivity contribution in [1.29, 1.82) is 0 Å². The summed E-state index contributed by atoms with van der Waals surface area (Å²) in [5, 5.41) is 3.24. The fourth-order valence-corrected chi connectivity index (χ4v) is 3.82. The summed E-state index contributed by atoms with van der Waals surface area (Å²) in [5.41, 5.74) is 2.81. The summed E-state index contributed by atoms with van der Waals surface area (Å²) in [6, 6.07) is 4.00. The van der Waals surface area contributed by atoms with Crippen molar-refractivity contribution in [2.45, 2.75) is 45.8 Å². The molecule has 1 N–H and O–H groups in total. The Labute approximate surface area is 137 Å². The number of piperidine rings is 1. The van der Waals surface area contributed by atoms with E-state index in [1.807, 2.05) is 12.1 Å². The first-order valence-corrected chi connectivity index (χ1v) is 8.66. The molecule has 1 fully saturated rings. The largest absolute Gasteiger partial charge is 0.346 e. The lowest BCUT2D eigenvalue weighted by atomic mass is 9.96. The number of carbonyl (C=O) groups excluding carboxylic acids is 1. The summed E-state index contributed by atoms with van der Waals surface area (Å²) in [6.45, 7) is 10.7. The molecule has 0 saturated carbocycles. The average molecular weight is 314 g/mol. The van der Waals surface area contributed by atoms with Crippen LogP contribution in [0.25, 0.3) is 11.3 Å². The van der Waals surface area contributed by atoms with Gasteiger partial charge in [0.15, 0.2) is 0 Å². The number of aromatic nitrogens is 2. The molecule has 5 heteroatoms. The predicted molar refractivity (Wildman–Crippen MR) is 90.8 cm³/mol. The highest BCUT2D eigenvalue weighted by atomic mass is 16.1. The van der Waals surface area contributed by atoms with Crippen LogP contribution < -0.4 is 5.32 Å². The third-order valence-electron chi connectivity index (χ3n) is 5.23. The van der Waals surface area contributed by atoms with Crippen LogP contribution in [0.5, 0.6) is 0 Å². The van der Waals surface area contributed by atoms with Crippen molar-refractivity contribution >= 4 is 5.91 Å². The Morgan fingerprint density at radius 2 is 2.04 bits per heavy atom. The SMILES string of the molecule is CC1CCN(CC(C)(C)NC(=O)c2ccc3n4n(cc2-3)C4)CC1. The van der Waals surface area contributed by atoms with Crippen LogP contribution in [0.3, 0.4) is 0 Å². The van der Waals surface area contributed by atoms with E-state index in [0.717, 1.165) is 49.0 Å². The summed E-state index contributed by atoms with van der Waals surface area (Å²) in [6.07, 6.45) is 4.60. The Morgan fingerprint density at radius 1 is 1.30 bits per heavy atom. The van der Waals surface area contributed by atoms with Gasteiger partial charge in [0, 0.05) is 23.8 Å². The second-order valence-corrected chi connectivity index (χ2v) is 7.95. The molecule has 0 atom stereocenters. The van der Waals surface area contributed by atoms with Gasteiger partial charge in [0.05, 0.1) is 11.3 Å². The molecule has 0 aromatic rings. The third kappa shape index (κ3) is 2.78. The van der Waals surface area contributed by atoms with Crippen LogP contribution in [0.1, 0.15) is 44.0 Å². The molecule has 0 radical (unpaired) electrons. The molecule has 0 spiro atoms. The van der Waals surface area contributed by atoms with Crippen LogP contribution in [0.2, 0.25) is 0 Å². The van der Waals surface area contributed by atoms with Crippen LogP contribution in [0.4, 0.5) is 0 Å². The molecule has 3 aliphatic heterocycles. The van der Waals surface area contributed by atoms with Crippen LogP contribution in [0, 0.1) is 5.92 Å². The van der Waals surface area contributed by atoms with E-state index >= 15 is 0 Å². The van der Waals surface area contributed by atoms with Crippen molar-refractivity contribution in [3.8, 4) is 11.3 Å². The van der Waals surface area contributed by atoms with E-state index in [2.05, 4.69) is 46.5 Å². The van der Waals surface area contributed by atoms with Crippen molar-refractivity contribution in [2.75, 3.05) is 19.6 Å². The average Bonchev–Trinajstić information content (AvgIpc) is 2.96. The van der Waals surface area contributed by atoms with Crippen LogP contribution in [-0.4, -0.2) is 45.3 Å². The molecule has 1 saturated heterocycles. The van der Waals surface area contributed by atoms with Gasteiger partial charge in [0.1, 0.15) is 6.67 Å². The Morgan fingerprint density at radius 3 is 2.78 bits per heavy atom. The van der Waals surface area contributed by atoms with Crippen molar-refractivity contribution in [1.82, 2.24) is 19.6 Å². The van der Waals surface area contributed by atoms with Crippen molar-refractivity contribution in [3.05, 3.63) is 23.9 Å². The molecule has 4 rings (SSSR count). The maximum atomic E-state index is 12.7. The zero-order valence-electron chi connectivity index (χ0n) is 14.3. The van der Waals surface area contributed by atoms with Crippen LogP contribution in [-0.2, 0) is 6.67 Å². The number of hydrogen-bond acceptors (Lipinski definition) is 2. The van der Waals surface area contributed by atoms with E-state index in [1.165, 1.54) is 12.8 Å². The predicted octanol–water partition coefficient (Wildman–Crippen LogP) is 2.45. The van der Waals surface area contributed by atoms with Crippen molar-refractivity contribution < 1.29 is 4.79 Å². The number of nitrogens with zero attached hydrogens (tertiary/aromatic N) is 3. The van der Waals surface area contributed by atoms with Crippen LogP contribution >= 0.6 is 0 Å². The second kappa shape index (κ2) is 5.13. The minimum atomic E-state index is -0.218. The molecule has 124 valence electrons. The standard InChI is InChI=1S/C18H26N4O/c1-13-6-8-20(9-7-13)11-18(2,3)19-17(23)14-4-5-16-15(14)10-21-12-22(16)21/h4-5,10,13H,6-9,11-12H2,1-3H3,(H,19,23). The smallest absolute Gasteiger partial charge is 0.252 e. The molecule has 5 nitrogen and oxygen atoms in total. The molecule has 1 amide bonds. The fourth-order valence-electron chi connectivity index (χ4n) is 3.82. The number of hydrogen-bond donors (Lipinski definition) is 1. The summed E-state index contributed by atoms with van der Waals surface area (Å²) in [7, 11) is 0. The molecule has 3 heterocycles. The monoisotopic (exact) mass is 314 g/mol. The van der Waals surface area contributed by atoms with E-state index in [9.17, 15) is 4.79 Å². The van der Waals surface area contributed by atoms with Gasteiger partial charge >= 0.3 is 0 Å². The van der Waals surface area contributed by atoms with Gasteiger partial charge < -0.3 is 10.2 Å². The Kier molecular flexibility index (Phi) is 3.30. The van der Waals surface area contributed by atoms with Gasteiger partial charge in [-0.1, -0.05) is 6.92 Å². The second-order valence-electron chi connectivity index (χ2n) is 7.95. The van der Waals surface area contributed by atoms with Gasteiger partial charge in [0.2, 0.25) is 0 Å². The van der Waals surface area contributed by atoms with E-state index in [4.69, 9.17) is 0 Å². The van der Waals surface area contributed by atoms with E-state index < -0.39 is 0 Å². The Balaban J connectivity index is 1.41. The fraction of sp³-hybridized carbons (Fsp3) is 0.611. The van der Waals surface area contributed by atoms with Gasteiger partial charge in [0.25, 0.3) is 5.91 Å². The minimum Gasteiger partial charge on any atom is -0.346 e. The highest BCUT2D eigenvalue weighted by molar-refractivity contribution is 6.02. The molecule has 0 bridgehead atoms. The highest BCUT2D eigenvalue weighted by Crippen LogP contribution is 2.34. The summed E-state index contributed by atoms with van der Waals surface area (Å²) in [4.78, 5) is 15.2. The lowest BCUT2D eigenvalue weighted by Gasteiger charge is -2.37. The molecule has 0 aromatic carbocycles. The Bertz CT molecular complexity index is 703. The number of amides is 1. The van der Waals surface area contributed by atoms with Crippen molar-refractivity contribution in [2.24, 2.45) is 5.92 Å². The molecule has 23 heavy (non-hydrogen) atoms.